The molecule has 0 bridgehead atoms. The van der Waals surface area contributed by atoms with Gasteiger partial charge in [0.05, 0.1) is 17.7 Å². The number of hydrogen-bond acceptors (Lipinski definition) is 3. The van der Waals surface area contributed by atoms with Crippen molar-refractivity contribution in [1.29, 1.82) is 0 Å². The lowest BCUT2D eigenvalue weighted by atomic mass is 10.00. The molecule has 1 fully saturated rings. The number of allylic oxidation sites excluding steroid dienone is 1. The van der Waals surface area contributed by atoms with Crippen LogP contribution in [0.3, 0.4) is 0 Å². The second-order valence-electron chi connectivity index (χ2n) is 3.26. The summed E-state index contributed by atoms with van der Waals surface area (Å²) in [6.07, 6.45) is 3.63. The maximum Gasteiger partial charge on any atom is 0.201 e. The van der Waals surface area contributed by atoms with Gasteiger partial charge in [0.15, 0.2) is 5.78 Å². The fourth-order valence-electron chi connectivity index (χ4n) is 1.59. The van der Waals surface area contributed by atoms with Crippen molar-refractivity contribution in [2.75, 3.05) is 13.2 Å². The quantitative estimate of drug-likeness (QED) is 0.654. The summed E-state index contributed by atoms with van der Waals surface area (Å²) in [7, 11) is 0. The second kappa shape index (κ2) is 3.52. The molecule has 0 aromatic rings. The average molecular weight is 247 g/mol. The number of carbonyl (C=O) groups excluding carboxylic acids is 1. The normalized spacial score (nSPS) is 27.5. The first-order chi connectivity index (χ1) is 6.23. The number of carbonyl (C=O) groups is 1. The standard InChI is InChI=1S/C9H11BrO3/c10-8-6-7(11)2-3-9(8)12-4-1-5-13-9/h6H,1-5H2. The van der Waals surface area contributed by atoms with Crippen LogP contribution in [0.2, 0.25) is 0 Å². The van der Waals surface area contributed by atoms with Crippen LogP contribution in [-0.4, -0.2) is 24.8 Å². The van der Waals surface area contributed by atoms with E-state index in [-0.39, 0.29) is 5.78 Å². The molecule has 0 N–H and O–H groups in total. The number of ether oxygens (including phenoxy) is 2. The fraction of sp³-hybridized carbons (Fsp3) is 0.667. The van der Waals surface area contributed by atoms with Crippen LogP contribution in [0.15, 0.2) is 10.6 Å². The van der Waals surface area contributed by atoms with E-state index in [0.29, 0.717) is 26.1 Å². The summed E-state index contributed by atoms with van der Waals surface area (Å²) < 4.78 is 11.9. The Kier molecular flexibility index (Phi) is 2.53. The highest BCUT2D eigenvalue weighted by Gasteiger charge is 2.40. The van der Waals surface area contributed by atoms with Gasteiger partial charge in [-0.25, -0.2) is 0 Å². The Balaban J connectivity index is 2.21. The van der Waals surface area contributed by atoms with Gasteiger partial charge in [-0.05, 0) is 28.4 Å². The predicted octanol–water partition coefficient (Wildman–Crippen LogP) is 1.76. The third-order valence-electron chi connectivity index (χ3n) is 2.31. The van der Waals surface area contributed by atoms with Gasteiger partial charge >= 0.3 is 0 Å². The van der Waals surface area contributed by atoms with Crippen molar-refractivity contribution >= 4 is 21.7 Å². The summed E-state index contributed by atoms with van der Waals surface area (Å²) >= 11 is 3.34. The first-order valence-electron chi connectivity index (χ1n) is 4.41. The van der Waals surface area contributed by atoms with E-state index < -0.39 is 5.79 Å². The molecular formula is C9H11BrO3. The first kappa shape index (κ1) is 9.37. The summed E-state index contributed by atoms with van der Waals surface area (Å²) in [5, 5.41) is 0. The summed E-state index contributed by atoms with van der Waals surface area (Å²) in [4.78, 5) is 11.1. The lowest BCUT2D eigenvalue weighted by molar-refractivity contribution is -0.242. The Morgan fingerprint density at radius 1 is 1.38 bits per heavy atom. The zero-order chi connectivity index (χ0) is 9.31. The van der Waals surface area contributed by atoms with Crippen molar-refractivity contribution < 1.29 is 14.3 Å². The van der Waals surface area contributed by atoms with E-state index in [1.807, 2.05) is 0 Å². The fourth-order valence-corrected chi connectivity index (χ4v) is 2.27. The van der Waals surface area contributed by atoms with Gasteiger partial charge < -0.3 is 9.47 Å². The Morgan fingerprint density at radius 2 is 2.08 bits per heavy atom. The number of halogens is 1. The summed E-state index contributed by atoms with van der Waals surface area (Å²) in [5.74, 6) is -0.512. The zero-order valence-corrected chi connectivity index (χ0v) is 8.80. The van der Waals surface area contributed by atoms with Crippen molar-refractivity contribution in [2.24, 2.45) is 0 Å². The molecule has 0 atom stereocenters. The van der Waals surface area contributed by atoms with Gasteiger partial charge in [0.2, 0.25) is 5.79 Å². The molecule has 1 aliphatic heterocycles. The lowest BCUT2D eigenvalue weighted by Crippen LogP contribution is -2.43. The highest BCUT2D eigenvalue weighted by atomic mass is 79.9. The van der Waals surface area contributed by atoms with Crippen molar-refractivity contribution in [3.05, 3.63) is 10.6 Å². The van der Waals surface area contributed by atoms with Gasteiger partial charge in [-0.1, -0.05) is 0 Å². The third-order valence-corrected chi connectivity index (χ3v) is 3.14. The van der Waals surface area contributed by atoms with E-state index in [9.17, 15) is 4.79 Å². The summed E-state index contributed by atoms with van der Waals surface area (Å²) in [5.41, 5.74) is 0. The molecule has 1 aliphatic carbocycles. The minimum atomic E-state index is -0.647. The van der Waals surface area contributed by atoms with Gasteiger partial charge in [-0.2, -0.15) is 0 Å². The topological polar surface area (TPSA) is 35.5 Å². The molecule has 2 rings (SSSR count). The molecule has 0 unspecified atom stereocenters. The molecule has 0 aromatic heterocycles. The van der Waals surface area contributed by atoms with Crippen LogP contribution in [0.4, 0.5) is 0 Å². The average Bonchev–Trinajstić information content (AvgIpc) is 2.14. The molecule has 1 spiro atoms. The van der Waals surface area contributed by atoms with Gasteiger partial charge in [-0.3, -0.25) is 4.79 Å². The predicted molar refractivity (Wildman–Crippen MR) is 50.5 cm³/mol. The molecule has 1 heterocycles. The summed E-state index contributed by atoms with van der Waals surface area (Å²) in [6.45, 7) is 1.41. The van der Waals surface area contributed by atoms with Gasteiger partial charge in [0.1, 0.15) is 0 Å². The van der Waals surface area contributed by atoms with E-state index in [1.165, 1.54) is 0 Å². The van der Waals surface area contributed by atoms with Crippen LogP contribution in [0.5, 0.6) is 0 Å². The molecule has 0 aromatic carbocycles. The van der Waals surface area contributed by atoms with Crippen molar-refractivity contribution in [3.8, 4) is 0 Å². The Labute approximate surface area is 85.2 Å². The third kappa shape index (κ3) is 1.71. The molecule has 72 valence electrons. The van der Waals surface area contributed by atoms with Crippen LogP contribution in [0.1, 0.15) is 19.3 Å². The van der Waals surface area contributed by atoms with Gasteiger partial charge in [0, 0.05) is 12.8 Å². The van der Waals surface area contributed by atoms with Crippen LogP contribution >= 0.6 is 15.9 Å². The van der Waals surface area contributed by atoms with Gasteiger partial charge in [0.25, 0.3) is 0 Å². The van der Waals surface area contributed by atoms with E-state index in [0.717, 1.165) is 10.9 Å². The smallest absolute Gasteiger partial charge is 0.201 e. The van der Waals surface area contributed by atoms with E-state index in [1.54, 1.807) is 6.08 Å². The van der Waals surface area contributed by atoms with Crippen LogP contribution in [-0.2, 0) is 14.3 Å². The van der Waals surface area contributed by atoms with Crippen LogP contribution < -0.4 is 0 Å². The molecule has 2 aliphatic rings. The van der Waals surface area contributed by atoms with Crippen molar-refractivity contribution in [3.63, 3.8) is 0 Å². The summed E-state index contributed by atoms with van der Waals surface area (Å²) in [6, 6.07) is 0. The molecule has 0 saturated carbocycles. The molecular weight excluding hydrogens is 236 g/mol. The maximum atomic E-state index is 11.1. The molecule has 3 nitrogen and oxygen atoms in total. The van der Waals surface area contributed by atoms with E-state index in [2.05, 4.69) is 15.9 Å². The van der Waals surface area contributed by atoms with E-state index in [4.69, 9.17) is 9.47 Å². The SMILES string of the molecule is O=C1C=C(Br)C2(CC1)OCCCO2. The van der Waals surface area contributed by atoms with Gasteiger partial charge in [-0.15, -0.1) is 0 Å². The molecule has 0 amide bonds. The van der Waals surface area contributed by atoms with Crippen molar-refractivity contribution in [1.82, 2.24) is 0 Å². The Hall–Kier alpha value is -0.190. The largest absolute Gasteiger partial charge is 0.345 e. The first-order valence-corrected chi connectivity index (χ1v) is 5.21. The Morgan fingerprint density at radius 3 is 2.69 bits per heavy atom. The number of hydrogen-bond donors (Lipinski definition) is 0. The molecule has 4 heteroatoms. The highest BCUT2D eigenvalue weighted by molar-refractivity contribution is 9.11. The lowest BCUT2D eigenvalue weighted by Gasteiger charge is -2.38. The minimum Gasteiger partial charge on any atom is -0.345 e. The number of rotatable bonds is 0. The van der Waals surface area contributed by atoms with Crippen LogP contribution in [0.25, 0.3) is 0 Å². The monoisotopic (exact) mass is 246 g/mol. The van der Waals surface area contributed by atoms with Crippen molar-refractivity contribution in [2.45, 2.75) is 25.0 Å². The van der Waals surface area contributed by atoms with Crippen LogP contribution in [0, 0.1) is 0 Å². The highest BCUT2D eigenvalue weighted by Crippen LogP contribution is 2.38. The second-order valence-corrected chi connectivity index (χ2v) is 4.12. The molecule has 13 heavy (non-hydrogen) atoms. The Bertz CT molecular complexity index is 254. The zero-order valence-electron chi connectivity index (χ0n) is 7.22. The molecule has 1 saturated heterocycles. The van der Waals surface area contributed by atoms with E-state index >= 15 is 0 Å². The molecule has 0 radical (unpaired) electrons. The maximum absolute atomic E-state index is 11.1. The minimum absolute atomic E-state index is 0.135. The number of ketones is 1.